The predicted molar refractivity (Wildman–Crippen MR) is 135 cm³/mol. The van der Waals surface area contributed by atoms with Crippen molar-refractivity contribution >= 4 is 23.2 Å². The molecule has 8 nitrogen and oxygen atoms in total. The van der Waals surface area contributed by atoms with Crippen LogP contribution in [0.15, 0.2) is 24.3 Å². The molecule has 0 unspecified atom stereocenters. The molecule has 34 heavy (non-hydrogen) atoms. The average molecular weight is 470 g/mol. The number of likely N-dealkylation sites (N-methyl/N-ethyl adjacent to an activating group) is 1. The molecular weight excluding hydrogens is 430 g/mol. The van der Waals surface area contributed by atoms with Gasteiger partial charge in [0.15, 0.2) is 0 Å². The quantitative estimate of drug-likeness (QED) is 0.577. The summed E-state index contributed by atoms with van der Waals surface area (Å²) in [5.41, 5.74) is 5.09. The Morgan fingerprint density at radius 3 is 2.44 bits per heavy atom. The minimum absolute atomic E-state index is 0.0178. The summed E-state index contributed by atoms with van der Waals surface area (Å²) < 4.78 is 7.43. The number of morpholine rings is 1. The standard InChI is InChI=1S/C26H39N5O3/c1-6-29(26(33)12-11-24-20(4)28-31(21(24)5)17-19(2)3)18-25(32)27-22-7-9-23(10-8-22)30-13-15-34-16-14-30/h7-10,19H,6,11-18H2,1-5H3,(H,27,32). The Labute approximate surface area is 203 Å². The van der Waals surface area contributed by atoms with Crippen molar-refractivity contribution in [2.75, 3.05) is 49.6 Å². The Hall–Kier alpha value is -2.87. The van der Waals surface area contributed by atoms with E-state index in [2.05, 4.69) is 36.1 Å². The second-order valence-corrected chi connectivity index (χ2v) is 9.33. The van der Waals surface area contributed by atoms with Gasteiger partial charge >= 0.3 is 0 Å². The molecule has 0 radical (unpaired) electrons. The van der Waals surface area contributed by atoms with Crippen molar-refractivity contribution in [3.8, 4) is 0 Å². The number of rotatable bonds is 10. The first kappa shape index (κ1) is 25.7. The molecule has 3 rings (SSSR count). The van der Waals surface area contributed by atoms with Crippen LogP contribution in [0.2, 0.25) is 0 Å². The summed E-state index contributed by atoms with van der Waals surface area (Å²) in [6.45, 7) is 14.9. The Balaban J connectivity index is 1.51. The van der Waals surface area contributed by atoms with Gasteiger partial charge in [0.2, 0.25) is 11.8 Å². The lowest BCUT2D eigenvalue weighted by molar-refractivity contribution is -0.134. The SMILES string of the molecule is CCN(CC(=O)Nc1ccc(N2CCOCC2)cc1)C(=O)CCc1c(C)nn(CC(C)C)c1C. The fraction of sp³-hybridized carbons (Fsp3) is 0.577. The van der Waals surface area contributed by atoms with E-state index >= 15 is 0 Å². The van der Waals surface area contributed by atoms with E-state index in [0.717, 1.165) is 61.2 Å². The van der Waals surface area contributed by atoms with Crippen molar-refractivity contribution in [2.24, 2.45) is 5.92 Å². The highest BCUT2D eigenvalue weighted by Gasteiger charge is 2.19. The van der Waals surface area contributed by atoms with Gasteiger partial charge in [-0.3, -0.25) is 14.3 Å². The Morgan fingerprint density at radius 2 is 1.82 bits per heavy atom. The normalized spacial score (nSPS) is 13.9. The number of ether oxygens (including phenoxy) is 1. The number of aryl methyl sites for hydroxylation is 1. The molecule has 0 aliphatic carbocycles. The van der Waals surface area contributed by atoms with Gasteiger partial charge in [-0.25, -0.2) is 0 Å². The molecule has 1 N–H and O–H groups in total. The van der Waals surface area contributed by atoms with Crippen molar-refractivity contribution in [1.29, 1.82) is 0 Å². The average Bonchev–Trinajstić information content (AvgIpc) is 3.08. The number of nitrogens with one attached hydrogen (secondary N) is 1. The van der Waals surface area contributed by atoms with Crippen molar-refractivity contribution in [2.45, 2.75) is 54.0 Å². The van der Waals surface area contributed by atoms with Crippen molar-refractivity contribution in [1.82, 2.24) is 14.7 Å². The second kappa shape index (κ2) is 12.0. The molecule has 1 aliphatic rings. The minimum atomic E-state index is -0.188. The summed E-state index contributed by atoms with van der Waals surface area (Å²) in [7, 11) is 0. The van der Waals surface area contributed by atoms with Crippen LogP contribution >= 0.6 is 0 Å². The van der Waals surface area contributed by atoms with Gasteiger partial charge in [0, 0.05) is 49.7 Å². The number of amides is 2. The van der Waals surface area contributed by atoms with Gasteiger partial charge in [0.05, 0.1) is 25.5 Å². The molecular formula is C26H39N5O3. The van der Waals surface area contributed by atoms with Gasteiger partial charge in [-0.05, 0) is 62.9 Å². The molecule has 1 saturated heterocycles. The smallest absolute Gasteiger partial charge is 0.243 e. The minimum Gasteiger partial charge on any atom is -0.378 e. The number of carbonyl (C=O) groups is 2. The zero-order chi connectivity index (χ0) is 24.7. The first-order valence-corrected chi connectivity index (χ1v) is 12.3. The molecule has 0 spiro atoms. The van der Waals surface area contributed by atoms with Gasteiger partial charge in [0.25, 0.3) is 0 Å². The topological polar surface area (TPSA) is 79.7 Å². The molecule has 1 aliphatic heterocycles. The highest BCUT2D eigenvalue weighted by Crippen LogP contribution is 2.20. The Morgan fingerprint density at radius 1 is 1.15 bits per heavy atom. The van der Waals surface area contributed by atoms with Crippen molar-refractivity contribution in [3.63, 3.8) is 0 Å². The van der Waals surface area contributed by atoms with E-state index in [1.54, 1.807) is 4.90 Å². The summed E-state index contributed by atoms with van der Waals surface area (Å²) >= 11 is 0. The molecule has 0 saturated carbocycles. The summed E-state index contributed by atoms with van der Waals surface area (Å²) in [5, 5.41) is 7.56. The maximum Gasteiger partial charge on any atom is 0.243 e. The number of nitrogens with zero attached hydrogens (tertiary/aromatic N) is 4. The van der Waals surface area contributed by atoms with Crippen LogP contribution in [0.1, 0.15) is 44.1 Å². The molecule has 1 aromatic heterocycles. The molecule has 2 amide bonds. The summed E-state index contributed by atoms with van der Waals surface area (Å²) in [6.07, 6.45) is 1.00. The maximum absolute atomic E-state index is 12.9. The van der Waals surface area contributed by atoms with Crippen LogP contribution in [-0.2, 0) is 27.3 Å². The third-order valence-corrected chi connectivity index (χ3v) is 6.25. The molecule has 2 heterocycles. The zero-order valence-electron chi connectivity index (χ0n) is 21.3. The van der Waals surface area contributed by atoms with Gasteiger partial charge in [-0.2, -0.15) is 5.10 Å². The largest absolute Gasteiger partial charge is 0.378 e. The second-order valence-electron chi connectivity index (χ2n) is 9.33. The van der Waals surface area contributed by atoms with E-state index in [0.29, 0.717) is 25.3 Å². The third-order valence-electron chi connectivity index (χ3n) is 6.25. The van der Waals surface area contributed by atoms with Gasteiger partial charge in [-0.1, -0.05) is 13.8 Å². The van der Waals surface area contributed by atoms with Crippen LogP contribution in [0, 0.1) is 19.8 Å². The number of aromatic nitrogens is 2. The number of benzene rings is 1. The lowest BCUT2D eigenvalue weighted by atomic mass is 10.1. The van der Waals surface area contributed by atoms with E-state index in [4.69, 9.17) is 4.74 Å². The van der Waals surface area contributed by atoms with Crippen LogP contribution in [0.3, 0.4) is 0 Å². The molecule has 1 aromatic carbocycles. The van der Waals surface area contributed by atoms with Gasteiger partial charge < -0.3 is 19.9 Å². The van der Waals surface area contributed by atoms with Crippen LogP contribution in [-0.4, -0.2) is 65.9 Å². The Kier molecular flexibility index (Phi) is 9.10. The molecule has 8 heteroatoms. The first-order chi connectivity index (χ1) is 16.3. The number of hydrogen-bond acceptors (Lipinski definition) is 5. The zero-order valence-corrected chi connectivity index (χ0v) is 21.3. The van der Waals surface area contributed by atoms with Crippen LogP contribution < -0.4 is 10.2 Å². The fourth-order valence-electron chi connectivity index (χ4n) is 4.34. The van der Waals surface area contributed by atoms with E-state index < -0.39 is 0 Å². The maximum atomic E-state index is 12.9. The van der Waals surface area contributed by atoms with Gasteiger partial charge in [-0.15, -0.1) is 0 Å². The van der Waals surface area contributed by atoms with Crippen molar-refractivity contribution < 1.29 is 14.3 Å². The summed E-state index contributed by atoms with van der Waals surface area (Å²) in [6, 6.07) is 7.82. The van der Waals surface area contributed by atoms with Gasteiger partial charge in [0.1, 0.15) is 0 Å². The van der Waals surface area contributed by atoms with Crippen LogP contribution in [0.4, 0.5) is 11.4 Å². The summed E-state index contributed by atoms with van der Waals surface area (Å²) in [5.74, 6) is 0.305. The van der Waals surface area contributed by atoms with Crippen LogP contribution in [0.25, 0.3) is 0 Å². The lowest BCUT2D eigenvalue weighted by Crippen LogP contribution is -2.38. The summed E-state index contributed by atoms with van der Waals surface area (Å²) in [4.78, 5) is 29.4. The molecule has 186 valence electrons. The Bertz CT molecular complexity index is 962. The fourth-order valence-corrected chi connectivity index (χ4v) is 4.34. The molecule has 2 aromatic rings. The van der Waals surface area contributed by atoms with Crippen molar-refractivity contribution in [3.05, 3.63) is 41.2 Å². The predicted octanol–water partition coefficient (Wildman–Crippen LogP) is 3.41. The molecule has 0 bridgehead atoms. The lowest BCUT2D eigenvalue weighted by Gasteiger charge is -2.29. The highest BCUT2D eigenvalue weighted by molar-refractivity contribution is 5.94. The number of carbonyl (C=O) groups excluding carboxylic acids is 2. The molecule has 1 fully saturated rings. The third kappa shape index (κ3) is 6.82. The van der Waals surface area contributed by atoms with E-state index in [-0.39, 0.29) is 18.4 Å². The number of anilines is 2. The number of hydrogen-bond donors (Lipinski definition) is 1. The monoisotopic (exact) mass is 469 g/mol. The highest BCUT2D eigenvalue weighted by atomic mass is 16.5. The first-order valence-electron chi connectivity index (χ1n) is 12.3. The van der Waals surface area contributed by atoms with E-state index in [9.17, 15) is 9.59 Å². The van der Waals surface area contributed by atoms with E-state index in [1.165, 1.54) is 0 Å². The van der Waals surface area contributed by atoms with Crippen LogP contribution in [0.5, 0.6) is 0 Å². The molecule has 0 atom stereocenters. The van der Waals surface area contributed by atoms with E-state index in [1.807, 2.05) is 42.8 Å².